The third kappa shape index (κ3) is 2.35. The second-order valence-corrected chi connectivity index (χ2v) is 4.63. The molecule has 1 saturated heterocycles. The van der Waals surface area contributed by atoms with Gasteiger partial charge in [0.05, 0.1) is 24.8 Å². The number of carbonyl (C=O) groups excluding carboxylic acids is 1. The van der Waals surface area contributed by atoms with Gasteiger partial charge in [-0.05, 0) is 12.1 Å². The molecule has 4 heteroatoms. The summed E-state index contributed by atoms with van der Waals surface area (Å²) >= 11 is 0. The molecule has 2 aromatic rings. The number of β-amino-alcohol motifs (C(OH)–C–C–N with tert-alkyl or cyclic N) is 1. The Morgan fingerprint density at radius 2 is 2.00 bits per heavy atom. The third-order valence-corrected chi connectivity index (χ3v) is 3.23. The summed E-state index contributed by atoms with van der Waals surface area (Å²) in [4.78, 5) is 17.7. The molecule has 1 N–H and O–H groups in total. The van der Waals surface area contributed by atoms with Crippen molar-refractivity contribution in [1.82, 2.24) is 4.98 Å². The molecule has 0 radical (unpaired) electrons. The lowest BCUT2D eigenvalue weighted by atomic mass is 10.1. The van der Waals surface area contributed by atoms with Crippen LogP contribution >= 0.6 is 0 Å². The Kier molecular flexibility index (Phi) is 3.01. The lowest BCUT2D eigenvalue weighted by Crippen LogP contribution is -2.25. The van der Waals surface area contributed by atoms with Crippen LogP contribution < -0.4 is 4.90 Å². The van der Waals surface area contributed by atoms with Crippen molar-refractivity contribution in [2.75, 3.05) is 11.4 Å². The smallest absolute Gasteiger partial charge is 0.229 e. The number of aromatic nitrogens is 1. The van der Waals surface area contributed by atoms with E-state index < -0.39 is 6.10 Å². The van der Waals surface area contributed by atoms with E-state index in [-0.39, 0.29) is 12.3 Å². The molecule has 19 heavy (non-hydrogen) atoms. The number of rotatable bonds is 2. The molecule has 0 bridgehead atoms. The molecule has 0 saturated carbocycles. The molecule has 96 valence electrons. The Morgan fingerprint density at radius 1 is 1.21 bits per heavy atom. The molecule has 3 rings (SSSR count). The van der Waals surface area contributed by atoms with Crippen molar-refractivity contribution in [2.45, 2.75) is 12.5 Å². The fourth-order valence-electron chi connectivity index (χ4n) is 2.29. The molecular formula is C15H14N2O2. The molecule has 1 aromatic carbocycles. The van der Waals surface area contributed by atoms with Gasteiger partial charge in [-0.15, -0.1) is 0 Å². The zero-order valence-electron chi connectivity index (χ0n) is 10.4. The lowest BCUT2D eigenvalue weighted by Gasteiger charge is -2.16. The van der Waals surface area contributed by atoms with Crippen LogP contribution in [0.4, 0.5) is 5.69 Å². The summed E-state index contributed by atoms with van der Waals surface area (Å²) in [6.45, 7) is 0.358. The average Bonchev–Trinajstić information content (AvgIpc) is 2.79. The van der Waals surface area contributed by atoms with E-state index in [0.29, 0.717) is 6.54 Å². The van der Waals surface area contributed by atoms with Crippen LogP contribution in [-0.4, -0.2) is 28.6 Å². The van der Waals surface area contributed by atoms with Crippen LogP contribution in [0.25, 0.3) is 11.3 Å². The molecule has 1 aliphatic heterocycles. The highest BCUT2D eigenvalue weighted by Crippen LogP contribution is 2.25. The van der Waals surface area contributed by atoms with Crippen LogP contribution in [0.1, 0.15) is 6.42 Å². The van der Waals surface area contributed by atoms with Gasteiger partial charge in [0.2, 0.25) is 5.91 Å². The van der Waals surface area contributed by atoms with E-state index in [0.717, 1.165) is 16.9 Å². The second kappa shape index (κ2) is 4.82. The number of anilines is 1. The topological polar surface area (TPSA) is 53.4 Å². The van der Waals surface area contributed by atoms with E-state index in [1.54, 1.807) is 17.2 Å². The highest BCUT2D eigenvalue weighted by molar-refractivity contribution is 5.96. The summed E-state index contributed by atoms with van der Waals surface area (Å²) in [6, 6.07) is 13.5. The lowest BCUT2D eigenvalue weighted by molar-refractivity contribution is -0.117. The van der Waals surface area contributed by atoms with Gasteiger partial charge < -0.3 is 10.0 Å². The monoisotopic (exact) mass is 254 g/mol. The SMILES string of the molecule is O=C1CC(O)CN1c1ccnc(-c2ccccc2)c1. The van der Waals surface area contributed by atoms with Gasteiger partial charge in [-0.2, -0.15) is 0 Å². The fourth-order valence-corrected chi connectivity index (χ4v) is 2.29. The van der Waals surface area contributed by atoms with Crippen molar-refractivity contribution in [3.05, 3.63) is 48.7 Å². The molecule has 0 spiro atoms. The number of hydrogen-bond acceptors (Lipinski definition) is 3. The quantitative estimate of drug-likeness (QED) is 0.889. The van der Waals surface area contributed by atoms with Crippen LogP contribution in [0.5, 0.6) is 0 Å². The van der Waals surface area contributed by atoms with Crippen molar-refractivity contribution in [3.63, 3.8) is 0 Å². The molecule has 2 heterocycles. The predicted molar refractivity (Wildman–Crippen MR) is 72.6 cm³/mol. The minimum Gasteiger partial charge on any atom is -0.391 e. The van der Waals surface area contributed by atoms with Crippen molar-refractivity contribution in [2.24, 2.45) is 0 Å². The first-order valence-electron chi connectivity index (χ1n) is 6.24. The molecule has 1 aliphatic rings. The first-order valence-corrected chi connectivity index (χ1v) is 6.24. The predicted octanol–water partition coefficient (Wildman–Crippen LogP) is 1.85. The molecule has 1 amide bonds. The van der Waals surface area contributed by atoms with Gasteiger partial charge in [-0.25, -0.2) is 0 Å². The van der Waals surface area contributed by atoms with Crippen molar-refractivity contribution in [3.8, 4) is 11.3 Å². The number of benzene rings is 1. The van der Waals surface area contributed by atoms with Crippen molar-refractivity contribution in [1.29, 1.82) is 0 Å². The first-order chi connectivity index (χ1) is 9.24. The van der Waals surface area contributed by atoms with Gasteiger partial charge in [0.1, 0.15) is 0 Å². The van der Waals surface area contributed by atoms with E-state index in [9.17, 15) is 9.90 Å². The number of carbonyl (C=O) groups is 1. The van der Waals surface area contributed by atoms with Gasteiger partial charge in [0, 0.05) is 17.4 Å². The Balaban J connectivity index is 1.95. The molecule has 0 aliphatic carbocycles. The molecule has 4 nitrogen and oxygen atoms in total. The molecule has 1 unspecified atom stereocenters. The molecule has 1 aromatic heterocycles. The Labute approximate surface area is 111 Å². The first kappa shape index (κ1) is 11.9. The van der Waals surface area contributed by atoms with Gasteiger partial charge >= 0.3 is 0 Å². The van der Waals surface area contributed by atoms with E-state index in [1.165, 1.54) is 0 Å². The normalized spacial score (nSPS) is 18.9. The second-order valence-electron chi connectivity index (χ2n) is 4.63. The van der Waals surface area contributed by atoms with Crippen LogP contribution in [-0.2, 0) is 4.79 Å². The zero-order chi connectivity index (χ0) is 13.2. The van der Waals surface area contributed by atoms with E-state index in [2.05, 4.69) is 4.98 Å². The Bertz CT molecular complexity index is 598. The largest absolute Gasteiger partial charge is 0.391 e. The highest BCUT2D eigenvalue weighted by Gasteiger charge is 2.29. The number of pyridine rings is 1. The standard InChI is InChI=1S/C15H14N2O2/c18-13-9-15(19)17(10-13)12-6-7-16-14(8-12)11-4-2-1-3-5-11/h1-8,13,18H,9-10H2. The number of hydrogen-bond donors (Lipinski definition) is 1. The van der Waals surface area contributed by atoms with E-state index >= 15 is 0 Å². The summed E-state index contributed by atoms with van der Waals surface area (Å²) in [7, 11) is 0. The van der Waals surface area contributed by atoms with Crippen molar-refractivity contribution >= 4 is 11.6 Å². The summed E-state index contributed by atoms with van der Waals surface area (Å²) in [5.41, 5.74) is 2.62. The maximum atomic E-state index is 11.8. The highest BCUT2D eigenvalue weighted by atomic mass is 16.3. The summed E-state index contributed by atoms with van der Waals surface area (Å²) in [6.07, 6.45) is 1.32. The maximum absolute atomic E-state index is 11.8. The average molecular weight is 254 g/mol. The third-order valence-electron chi connectivity index (χ3n) is 3.23. The molecule has 1 atom stereocenters. The van der Waals surface area contributed by atoms with Gasteiger partial charge in [-0.1, -0.05) is 30.3 Å². The van der Waals surface area contributed by atoms with Gasteiger partial charge in [0.25, 0.3) is 0 Å². The summed E-state index contributed by atoms with van der Waals surface area (Å²) in [5, 5.41) is 9.54. The summed E-state index contributed by atoms with van der Waals surface area (Å²) < 4.78 is 0. The van der Waals surface area contributed by atoms with Gasteiger partial charge in [-0.3, -0.25) is 9.78 Å². The number of nitrogens with zero attached hydrogens (tertiary/aromatic N) is 2. The van der Waals surface area contributed by atoms with Crippen LogP contribution in [0.3, 0.4) is 0 Å². The molecule has 1 fully saturated rings. The van der Waals surface area contributed by atoms with Crippen LogP contribution in [0.15, 0.2) is 48.7 Å². The van der Waals surface area contributed by atoms with E-state index in [1.807, 2.05) is 36.4 Å². The maximum Gasteiger partial charge on any atom is 0.229 e. The minimum atomic E-state index is -0.569. The zero-order valence-corrected chi connectivity index (χ0v) is 10.4. The van der Waals surface area contributed by atoms with Crippen LogP contribution in [0.2, 0.25) is 0 Å². The van der Waals surface area contributed by atoms with Crippen LogP contribution in [0, 0.1) is 0 Å². The molecular weight excluding hydrogens is 240 g/mol. The summed E-state index contributed by atoms with van der Waals surface area (Å²) in [5.74, 6) is -0.0438. The fraction of sp³-hybridized carbons (Fsp3) is 0.200. The number of amides is 1. The van der Waals surface area contributed by atoms with Crippen molar-refractivity contribution < 1.29 is 9.90 Å². The number of aliphatic hydroxyl groups is 1. The minimum absolute atomic E-state index is 0.0438. The number of aliphatic hydroxyl groups excluding tert-OH is 1. The van der Waals surface area contributed by atoms with E-state index in [4.69, 9.17) is 0 Å². The van der Waals surface area contributed by atoms with Gasteiger partial charge in [0.15, 0.2) is 0 Å². The Morgan fingerprint density at radius 3 is 2.68 bits per heavy atom. The Hall–Kier alpha value is -2.20.